The fourth-order valence-corrected chi connectivity index (χ4v) is 5.76. The van der Waals surface area contributed by atoms with Crippen LogP contribution in [0.5, 0.6) is 0 Å². The molecule has 0 saturated heterocycles. The van der Waals surface area contributed by atoms with E-state index in [9.17, 15) is 9.59 Å². The average molecular weight is 609 g/mol. The molecule has 0 heterocycles. The summed E-state index contributed by atoms with van der Waals surface area (Å²) in [4.78, 5) is 26.3. The van der Waals surface area contributed by atoms with Crippen LogP contribution < -0.4 is 0 Å². The zero-order chi connectivity index (χ0) is 33.5. The van der Waals surface area contributed by atoms with Crippen molar-refractivity contribution in [3.05, 3.63) is 115 Å². The summed E-state index contributed by atoms with van der Waals surface area (Å²) in [6, 6.07) is 3.74. The molecule has 1 aromatic rings. The monoisotopic (exact) mass is 608 g/mol. The molecule has 1 aliphatic rings. The topological polar surface area (TPSA) is 34.1 Å². The van der Waals surface area contributed by atoms with E-state index >= 15 is 0 Å². The Kier molecular flexibility index (Phi) is 16.3. The first-order valence-corrected chi connectivity index (χ1v) is 17.1. The van der Waals surface area contributed by atoms with Gasteiger partial charge in [-0.15, -0.1) is 0 Å². The van der Waals surface area contributed by atoms with Crippen LogP contribution in [0.15, 0.2) is 93.2 Å². The van der Waals surface area contributed by atoms with Crippen LogP contribution in [0, 0.1) is 13.8 Å². The Hall–Kier alpha value is -3.26. The summed E-state index contributed by atoms with van der Waals surface area (Å²) in [5.74, 6) is 0.00455. The quantitative estimate of drug-likeness (QED) is 0.165. The van der Waals surface area contributed by atoms with Gasteiger partial charge in [0.05, 0.1) is 0 Å². The first-order valence-electron chi connectivity index (χ1n) is 17.1. The molecule has 0 bridgehead atoms. The maximum atomic E-state index is 13.3. The maximum Gasteiger partial charge on any atom is 0.190 e. The zero-order valence-electron chi connectivity index (χ0n) is 30.2. The average Bonchev–Trinajstić information content (AvgIpc) is 2.97. The van der Waals surface area contributed by atoms with Gasteiger partial charge in [-0.05, 0) is 151 Å². The Morgan fingerprint density at radius 3 is 1.36 bits per heavy atom. The number of hydrogen-bond donors (Lipinski definition) is 0. The van der Waals surface area contributed by atoms with E-state index in [1.807, 2.05) is 19.9 Å². The molecule has 0 radical (unpaired) electrons. The molecule has 0 amide bonds. The van der Waals surface area contributed by atoms with Crippen molar-refractivity contribution in [2.75, 3.05) is 0 Å². The number of carbonyl (C=O) groups is 2. The highest BCUT2D eigenvalue weighted by Crippen LogP contribution is 2.32. The van der Waals surface area contributed by atoms with Gasteiger partial charge in [-0.3, -0.25) is 9.59 Å². The van der Waals surface area contributed by atoms with Crippen LogP contribution in [-0.4, -0.2) is 11.6 Å². The van der Waals surface area contributed by atoms with E-state index in [-0.39, 0.29) is 11.6 Å². The van der Waals surface area contributed by atoms with Crippen LogP contribution in [-0.2, 0) is 0 Å². The lowest BCUT2D eigenvalue weighted by atomic mass is 9.80. The standard InChI is InChI=1S/C43H60O2/c1-30(2)16-11-17-31(3)18-12-19-32(4)20-13-21-33(5)22-14-23-34(6)24-15-25-35(7)26-28-39-38(10)42(44)40-29-27-36(8)37(9)41(40)43(39)45/h16,18,20,22,24,26-27,29H,11-15,17,19,21,23,25,28H2,1-10H3. The number of Topliss-reactive ketones (excluding diaryl/α,β-unsaturated/α-hetero) is 2. The van der Waals surface area contributed by atoms with Crippen molar-refractivity contribution in [1.29, 1.82) is 0 Å². The van der Waals surface area contributed by atoms with Crippen molar-refractivity contribution in [3.8, 4) is 0 Å². The minimum atomic E-state index is -0.0110. The molecule has 2 heteroatoms. The maximum absolute atomic E-state index is 13.3. The van der Waals surface area contributed by atoms with Crippen LogP contribution in [0.1, 0.15) is 158 Å². The summed E-state index contributed by atoms with van der Waals surface area (Å²) in [5, 5.41) is 0. The van der Waals surface area contributed by atoms with Gasteiger partial charge in [0.1, 0.15) is 0 Å². The van der Waals surface area contributed by atoms with Crippen molar-refractivity contribution in [2.24, 2.45) is 0 Å². The predicted molar refractivity (Wildman–Crippen MR) is 196 cm³/mol. The van der Waals surface area contributed by atoms with Gasteiger partial charge >= 0.3 is 0 Å². The normalized spacial score (nSPS) is 15.2. The summed E-state index contributed by atoms with van der Waals surface area (Å²) in [5.41, 5.74) is 12.9. The third-order valence-corrected chi connectivity index (χ3v) is 9.15. The van der Waals surface area contributed by atoms with Gasteiger partial charge < -0.3 is 0 Å². The van der Waals surface area contributed by atoms with Crippen molar-refractivity contribution < 1.29 is 9.59 Å². The van der Waals surface area contributed by atoms with Gasteiger partial charge in [0.2, 0.25) is 0 Å². The Morgan fingerprint density at radius 1 is 0.533 bits per heavy atom. The fraction of sp³-hybridized carbons (Fsp3) is 0.488. The molecule has 0 unspecified atom stereocenters. The number of hydrogen-bond acceptors (Lipinski definition) is 2. The zero-order valence-corrected chi connectivity index (χ0v) is 30.2. The number of rotatable bonds is 17. The highest BCUT2D eigenvalue weighted by atomic mass is 16.1. The molecule has 0 saturated carbocycles. The van der Waals surface area contributed by atoms with E-state index in [4.69, 9.17) is 0 Å². The van der Waals surface area contributed by atoms with E-state index in [0.717, 1.165) is 68.9 Å². The van der Waals surface area contributed by atoms with Gasteiger partial charge in [0.15, 0.2) is 11.6 Å². The van der Waals surface area contributed by atoms with Gasteiger partial charge in [-0.25, -0.2) is 0 Å². The third-order valence-electron chi connectivity index (χ3n) is 9.15. The van der Waals surface area contributed by atoms with E-state index in [1.165, 1.54) is 39.9 Å². The summed E-state index contributed by atoms with van der Waals surface area (Å²) >= 11 is 0. The molecule has 0 atom stereocenters. The number of benzene rings is 1. The van der Waals surface area contributed by atoms with Crippen molar-refractivity contribution in [1.82, 2.24) is 0 Å². The smallest absolute Gasteiger partial charge is 0.190 e. The minimum absolute atomic E-state index is 0.0110. The summed E-state index contributed by atoms with van der Waals surface area (Å²) in [7, 11) is 0. The molecular formula is C43H60O2. The van der Waals surface area contributed by atoms with Crippen LogP contribution in [0.2, 0.25) is 0 Å². The van der Waals surface area contributed by atoms with Crippen LogP contribution in [0.3, 0.4) is 0 Å². The molecule has 1 aromatic carbocycles. The molecule has 1 aliphatic carbocycles. The molecule has 0 aromatic heterocycles. The molecular weight excluding hydrogens is 548 g/mol. The number of aryl methyl sites for hydroxylation is 1. The lowest BCUT2D eigenvalue weighted by Crippen LogP contribution is -2.22. The third kappa shape index (κ3) is 12.9. The SMILES string of the molecule is CC(C)=CCCC(C)=CCCC(C)=CCCC(C)=CCCC(C)=CCCC(C)=CCC1=C(C)C(=O)c2ccc(C)c(C)c2C1=O. The first kappa shape index (κ1) is 37.9. The summed E-state index contributed by atoms with van der Waals surface area (Å²) in [6.45, 7) is 21.2. The number of carbonyl (C=O) groups excluding carboxylic acids is 2. The Bertz CT molecular complexity index is 1420. The molecule has 2 rings (SSSR count). The van der Waals surface area contributed by atoms with Crippen LogP contribution in [0.25, 0.3) is 0 Å². The van der Waals surface area contributed by atoms with Crippen molar-refractivity contribution >= 4 is 11.6 Å². The van der Waals surface area contributed by atoms with E-state index in [0.29, 0.717) is 28.7 Å². The molecule has 0 fully saturated rings. The highest BCUT2D eigenvalue weighted by molar-refractivity contribution is 6.27. The molecule has 0 spiro atoms. The van der Waals surface area contributed by atoms with E-state index in [1.54, 1.807) is 13.0 Å². The lowest BCUT2D eigenvalue weighted by Gasteiger charge is -2.21. The van der Waals surface area contributed by atoms with Crippen LogP contribution >= 0.6 is 0 Å². The number of allylic oxidation sites excluding steroid dienone is 14. The van der Waals surface area contributed by atoms with Crippen LogP contribution in [0.4, 0.5) is 0 Å². The second-order valence-corrected chi connectivity index (χ2v) is 13.6. The van der Waals surface area contributed by atoms with Crippen molar-refractivity contribution in [2.45, 2.75) is 140 Å². The molecule has 0 N–H and O–H groups in total. The molecule has 2 nitrogen and oxygen atoms in total. The molecule has 0 aliphatic heterocycles. The van der Waals surface area contributed by atoms with E-state index in [2.05, 4.69) is 84.9 Å². The van der Waals surface area contributed by atoms with Gasteiger partial charge in [0.25, 0.3) is 0 Å². The number of fused-ring (bicyclic) bond motifs is 1. The summed E-state index contributed by atoms with van der Waals surface area (Å²) in [6.07, 6.45) is 25.6. The Morgan fingerprint density at radius 2 is 0.933 bits per heavy atom. The molecule has 45 heavy (non-hydrogen) atoms. The minimum Gasteiger partial charge on any atom is -0.289 e. The Labute approximate surface area is 275 Å². The number of ketones is 2. The van der Waals surface area contributed by atoms with Gasteiger partial charge in [0, 0.05) is 22.3 Å². The lowest BCUT2D eigenvalue weighted by molar-refractivity contribution is 0.0972. The van der Waals surface area contributed by atoms with Gasteiger partial charge in [-0.1, -0.05) is 82.0 Å². The predicted octanol–water partition coefficient (Wildman–Crippen LogP) is 13.0. The summed E-state index contributed by atoms with van der Waals surface area (Å²) < 4.78 is 0. The van der Waals surface area contributed by atoms with E-state index < -0.39 is 0 Å². The fourth-order valence-electron chi connectivity index (χ4n) is 5.76. The first-order chi connectivity index (χ1) is 21.3. The highest BCUT2D eigenvalue weighted by Gasteiger charge is 2.30. The second-order valence-electron chi connectivity index (χ2n) is 13.6. The molecule has 244 valence electrons. The largest absolute Gasteiger partial charge is 0.289 e. The van der Waals surface area contributed by atoms with Gasteiger partial charge in [-0.2, -0.15) is 0 Å². The Balaban J connectivity index is 1.74. The van der Waals surface area contributed by atoms with Crippen molar-refractivity contribution in [3.63, 3.8) is 0 Å². The second kappa shape index (κ2) is 19.3.